The highest BCUT2D eigenvalue weighted by Crippen LogP contribution is 2.30. The number of amides is 1. The van der Waals surface area contributed by atoms with Gasteiger partial charge in [-0.05, 0) is 25.8 Å². The van der Waals surface area contributed by atoms with Crippen LogP contribution in [-0.2, 0) is 9.59 Å². The van der Waals surface area contributed by atoms with E-state index >= 15 is 0 Å². The Bertz CT molecular complexity index is 762. The third-order valence-electron chi connectivity index (χ3n) is 4.09. The van der Waals surface area contributed by atoms with Crippen LogP contribution in [0.2, 0.25) is 0 Å². The summed E-state index contributed by atoms with van der Waals surface area (Å²) in [6.45, 7) is 3.04. The minimum atomic E-state index is -0.807. The van der Waals surface area contributed by atoms with Gasteiger partial charge in [0, 0.05) is 35.5 Å². The molecule has 1 unspecified atom stereocenters. The van der Waals surface area contributed by atoms with Crippen molar-refractivity contribution in [2.75, 3.05) is 18.8 Å². The standard InChI is InChI=1S/C16H19N3O3S2/c1-10-7-12-14(17-9-18-15(12)24-10)23-6-4-13(20)19-5-2-3-11(8-19)16(21)22/h7,9,11H,2-6,8H2,1H3,(H,21,22). The molecule has 0 radical (unpaired) electrons. The number of aromatic nitrogens is 2. The molecule has 0 spiro atoms. The molecule has 1 N–H and O–H groups in total. The van der Waals surface area contributed by atoms with Gasteiger partial charge >= 0.3 is 5.97 Å². The Balaban J connectivity index is 1.55. The number of thioether (sulfide) groups is 1. The highest BCUT2D eigenvalue weighted by Gasteiger charge is 2.27. The molecule has 1 amide bonds. The van der Waals surface area contributed by atoms with E-state index in [1.54, 1.807) is 34.3 Å². The number of nitrogens with zero attached hydrogens (tertiary/aromatic N) is 3. The van der Waals surface area contributed by atoms with Crippen LogP contribution in [0.3, 0.4) is 0 Å². The molecule has 1 aliphatic heterocycles. The van der Waals surface area contributed by atoms with E-state index in [1.807, 2.05) is 6.92 Å². The lowest BCUT2D eigenvalue weighted by molar-refractivity contribution is -0.145. The Morgan fingerprint density at radius 3 is 3.08 bits per heavy atom. The fourth-order valence-corrected chi connectivity index (χ4v) is 4.68. The van der Waals surface area contributed by atoms with Crippen molar-refractivity contribution < 1.29 is 14.7 Å². The van der Waals surface area contributed by atoms with Gasteiger partial charge in [0.2, 0.25) is 5.91 Å². The first kappa shape index (κ1) is 17.2. The van der Waals surface area contributed by atoms with Crippen LogP contribution in [0, 0.1) is 12.8 Å². The van der Waals surface area contributed by atoms with Gasteiger partial charge in [-0.1, -0.05) is 0 Å². The van der Waals surface area contributed by atoms with E-state index < -0.39 is 11.9 Å². The topological polar surface area (TPSA) is 83.4 Å². The summed E-state index contributed by atoms with van der Waals surface area (Å²) in [5, 5.41) is 11.1. The molecule has 6 nitrogen and oxygen atoms in total. The molecule has 0 saturated carbocycles. The number of aryl methyl sites for hydroxylation is 1. The number of aliphatic carboxylic acids is 1. The predicted molar refractivity (Wildman–Crippen MR) is 94.4 cm³/mol. The Kier molecular flexibility index (Phi) is 5.35. The smallest absolute Gasteiger partial charge is 0.308 e. The van der Waals surface area contributed by atoms with Crippen LogP contribution in [0.4, 0.5) is 0 Å². The van der Waals surface area contributed by atoms with Crippen molar-refractivity contribution in [3.63, 3.8) is 0 Å². The zero-order valence-electron chi connectivity index (χ0n) is 13.4. The monoisotopic (exact) mass is 365 g/mol. The molecule has 3 heterocycles. The first-order valence-electron chi connectivity index (χ1n) is 7.89. The summed E-state index contributed by atoms with van der Waals surface area (Å²) >= 11 is 3.19. The predicted octanol–water partition coefficient (Wildman–Crippen LogP) is 2.81. The molecule has 1 atom stereocenters. The molecular weight excluding hydrogens is 346 g/mol. The maximum absolute atomic E-state index is 12.3. The molecule has 128 valence electrons. The summed E-state index contributed by atoms with van der Waals surface area (Å²) in [6, 6.07) is 2.08. The zero-order valence-corrected chi connectivity index (χ0v) is 15.0. The molecule has 0 aromatic carbocycles. The van der Waals surface area contributed by atoms with Gasteiger partial charge in [-0.25, -0.2) is 9.97 Å². The number of piperidine rings is 1. The van der Waals surface area contributed by atoms with E-state index in [4.69, 9.17) is 5.11 Å². The largest absolute Gasteiger partial charge is 0.481 e. The van der Waals surface area contributed by atoms with Crippen LogP contribution < -0.4 is 0 Å². The number of carbonyl (C=O) groups is 2. The molecule has 1 fully saturated rings. The normalized spacial score (nSPS) is 18.0. The summed E-state index contributed by atoms with van der Waals surface area (Å²) in [5.74, 6) is -0.572. The Hall–Kier alpha value is -1.67. The molecule has 2 aromatic rings. The number of likely N-dealkylation sites (tertiary alicyclic amines) is 1. The van der Waals surface area contributed by atoms with Crippen LogP contribution >= 0.6 is 23.1 Å². The molecule has 1 aliphatic rings. The van der Waals surface area contributed by atoms with E-state index in [0.29, 0.717) is 31.7 Å². The quantitative estimate of drug-likeness (QED) is 0.648. The molecule has 0 aliphatic carbocycles. The number of carbonyl (C=O) groups excluding carboxylic acids is 1. The van der Waals surface area contributed by atoms with E-state index in [1.165, 1.54) is 4.88 Å². The second-order valence-corrected chi connectivity index (χ2v) is 8.19. The average molecular weight is 365 g/mol. The molecular formula is C16H19N3O3S2. The molecule has 1 saturated heterocycles. The van der Waals surface area contributed by atoms with Crippen LogP contribution in [0.1, 0.15) is 24.1 Å². The minimum absolute atomic E-state index is 0.0280. The summed E-state index contributed by atoms with van der Waals surface area (Å²) in [7, 11) is 0. The Morgan fingerprint density at radius 1 is 1.46 bits per heavy atom. The number of fused-ring (bicyclic) bond motifs is 1. The van der Waals surface area contributed by atoms with Gasteiger partial charge in [0.1, 0.15) is 16.2 Å². The molecule has 0 bridgehead atoms. The molecule has 3 rings (SSSR count). The second kappa shape index (κ2) is 7.48. The zero-order chi connectivity index (χ0) is 17.1. The van der Waals surface area contributed by atoms with E-state index in [0.717, 1.165) is 21.7 Å². The van der Waals surface area contributed by atoms with Crippen molar-refractivity contribution in [1.82, 2.24) is 14.9 Å². The van der Waals surface area contributed by atoms with E-state index in [-0.39, 0.29) is 5.91 Å². The highest BCUT2D eigenvalue weighted by molar-refractivity contribution is 7.99. The second-order valence-electron chi connectivity index (χ2n) is 5.87. The fourth-order valence-electron chi connectivity index (χ4n) is 2.87. The SMILES string of the molecule is Cc1cc2c(SCCC(=O)N3CCCC(C(=O)O)C3)ncnc2s1. The van der Waals surface area contributed by atoms with Gasteiger partial charge < -0.3 is 10.0 Å². The number of hydrogen-bond acceptors (Lipinski definition) is 6. The summed E-state index contributed by atoms with van der Waals surface area (Å²) in [4.78, 5) is 35.8. The van der Waals surface area contributed by atoms with Gasteiger partial charge in [0.15, 0.2) is 0 Å². The van der Waals surface area contributed by atoms with E-state index in [9.17, 15) is 9.59 Å². The molecule has 2 aromatic heterocycles. The highest BCUT2D eigenvalue weighted by atomic mass is 32.2. The maximum atomic E-state index is 12.3. The van der Waals surface area contributed by atoms with Gasteiger partial charge in [0.25, 0.3) is 0 Å². The van der Waals surface area contributed by atoms with Crippen LogP contribution in [0.25, 0.3) is 10.2 Å². The Morgan fingerprint density at radius 2 is 2.29 bits per heavy atom. The molecule has 24 heavy (non-hydrogen) atoms. The number of hydrogen-bond donors (Lipinski definition) is 1. The van der Waals surface area contributed by atoms with Crippen molar-refractivity contribution in [1.29, 1.82) is 0 Å². The lowest BCUT2D eigenvalue weighted by atomic mass is 9.98. The van der Waals surface area contributed by atoms with Crippen molar-refractivity contribution in [3.05, 3.63) is 17.3 Å². The first-order valence-corrected chi connectivity index (χ1v) is 9.69. The van der Waals surface area contributed by atoms with Crippen LogP contribution in [-0.4, -0.2) is 50.7 Å². The van der Waals surface area contributed by atoms with E-state index in [2.05, 4.69) is 16.0 Å². The fraction of sp³-hybridized carbons (Fsp3) is 0.500. The van der Waals surface area contributed by atoms with Crippen molar-refractivity contribution in [2.24, 2.45) is 5.92 Å². The molecule has 8 heteroatoms. The number of carboxylic acid groups (broad SMARTS) is 1. The number of rotatable bonds is 5. The summed E-state index contributed by atoms with van der Waals surface area (Å²) in [6.07, 6.45) is 3.37. The van der Waals surface area contributed by atoms with Crippen LogP contribution in [0.15, 0.2) is 17.4 Å². The third-order valence-corrected chi connectivity index (χ3v) is 6.06. The summed E-state index contributed by atoms with van der Waals surface area (Å²) < 4.78 is 0. The third kappa shape index (κ3) is 3.87. The Labute approximate surface area is 148 Å². The van der Waals surface area contributed by atoms with Gasteiger partial charge in [-0.3, -0.25) is 9.59 Å². The van der Waals surface area contributed by atoms with Gasteiger partial charge in [-0.15, -0.1) is 23.1 Å². The maximum Gasteiger partial charge on any atom is 0.308 e. The van der Waals surface area contributed by atoms with Crippen molar-refractivity contribution >= 4 is 45.2 Å². The first-order chi connectivity index (χ1) is 11.5. The van der Waals surface area contributed by atoms with Gasteiger partial charge in [-0.2, -0.15) is 0 Å². The van der Waals surface area contributed by atoms with Crippen molar-refractivity contribution in [3.8, 4) is 0 Å². The lowest BCUT2D eigenvalue weighted by Gasteiger charge is -2.30. The summed E-state index contributed by atoms with van der Waals surface area (Å²) in [5.41, 5.74) is 0. The van der Waals surface area contributed by atoms with Crippen LogP contribution in [0.5, 0.6) is 0 Å². The lowest BCUT2D eigenvalue weighted by Crippen LogP contribution is -2.42. The van der Waals surface area contributed by atoms with Gasteiger partial charge in [0.05, 0.1) is 5.92 Å². The number of carboxylic acids is 1. The minimum Gasteiger partial charge on any atom is -0.481 e. The number of thiophene rings is 1. The van der Waals surface area contributed by atoms with Crippen molar-refractivity contribution in [2.45, 2.75) is 31.2 Å². The average Bonchev–Trinajstić information content (AvgIpc) is 2.96.